The molecule has 0 fully saturated rings. The van der Waals surface area contributed by atoms with Crippen LogP contribution in [0.2, 0.25) is 0 Å². The molecule has 1 aliphatic rings. The number of hydrogen-bond donors (Lipinski definition) is 0. The highest BCUT2D eigenvalue weighted by Crippen LogP contribution is 2.53. The van der Waals surface area contributed by atoms with E-state index in [1.165, 1.54) is 0 Å². The van der Waals surface area contributed by atoms with Crippen molar-refractivity contribution in [3.8, 4) is 11.5 Å². The second-order valence-corrected chi connectivity index (χ2v) is 12.1. The summed E-state index contributed by atoms with van der Waals surface area (Å²) in [6.45, 7) is 4.03. The second-order valence-electron chi connectivity index (χ2n) is 9.10. The molecule has 0 saturated carbocycles. The number of sulfonamides is 1. The first-order chi connectivity index (χ1) is 17.8. The van der Waals surface area contributed by atoms with Crippen molar-refractivity contribution in [1.29, 1.82) is 0 Å². The standard InChI is InChI=1S/C30H29NO4S2/c1-20-10-14-25(15-11-20)37(32,33)31-27-16-13-24(36-23-8-6-5-7-9-23)19-26(27)21(2)30(31)22-12-17-28(34-3)29(18-22)35-4/h5-19,21,30H,1-4H3/t21-,30-/m1/s1. The van der Waals surface area contributed by atoms with Gasteiger partial charge in [-0.2, -0.15) is 0 Å². The van der Waals surface area contributed by atoms with E-state index in [0.29, 0.717) is 17.2 Å². The molecule has 0 unspecified atom stereocenters. The molecular weight excluding hydrogens is 502 g/mol. The quantitative estimate of drug-likeness (QED) is 0.252. The first-order valence-electron chi connectivity index (χ1n) is 12.0. The van der Waals surface area contributed by atoms with Crippen LogP contribution >= 0.6 is 11.8 Å². The van der Waals surface area contributed by atoms with Crippen molar-refractivity contribution in [3.05, 3.63) is 108 Å². The van der Waals surface area contributed by atoms with E-state index in [2.05, 4.69) is 25.1 Å². The Morgan fingerprint density at radius 1 is 0.784 bits per heavy atom. The zero-order chi connectivity index (χ0) is 26.2. The number of methoxy groups -OCH3 is 2. The van der Waals surface area contributed by atoms with Gasteiger partial charge in [0, 0.05) is 15.7 Å². The van der Waals surface area contributed by atoms with E-state index in [1.54, 1.807) is 42.4 Å². The Morgan fingerprint density at radius 2 is 1.49 bits per heavy atom. The Labute approximate surface area is 223 Å². The molecule has 0 aliphatic carbocycles. The SMILES string of the molecule is COc1ccc([C@H]2[C@H](C)c3cc(Sc4ccccc4)ccc3N2S(=O)(=O)c2ccc(C)cc2)cc1OC. The van der Waals surface area contributed by atoms with Crippen LogP contribution in [0.15, 0.2) is 106 Å². The lowest BCUT2D eigenvalue weighted by molar-refractivity contribution is 0.354. The molecule has 1 heterocycles. The second kappa shape index (κ2) is 10.1. The zero-order valence-corrected chi connectivity index (χ0v) is 22.8. The highest BCUT2D eigenvalue weighted by Gasteiger charge is 2.44. The highest BCUT2D eigenvalue weighted by molar-refractivity contribution is 7.99. The topological polar surface area (TPSA) is 55.8 Å². The van der Waals surface area contributed by atoms with Gasteiger partial charge in [-0.3, -0.25) is 4.31 Å². The third kappa shape index (κ3) is 4.69. The van der Waals surface area contributed by atoms with Crippen molar-refractivity contribution in [2.75, 3.05) is 18.5 Å². The molecule has 0 aromatic heterocycles. The van der Waals surface area contributed by atoms with Gasteiger partial charge in [0.1, 0.15) is 0 Å². The van der Waals surface area contributed by atoms with E-state index < -0.39 is 16.1 Å². The Hall–Kier alpha value is -3.42. The molecule has 190 valence electrons. The fourth-order valence-electron chi connectivity index (χ4n) is 4.87. The number of hydrogen-bond acceptors (Lipinski definition) is 5. The van der Waals surface area contributed by atoms with Gasteiger partial charge >= 0.3 is 0 Å². The van der Waals surface area contributed by atoms with Crippen LogP contribution in [0.5, 0.6) is 11.5 Å². The Kier molecular flexibility index (Phi) is 6.92. The summed E-state index contributed by atoms with van der Waals surface area (Å²) in [5.41, 5.74) is 3.55. The summed E-state index contributed by atoms with van der Waals surface area (Å²) in [4.78, 5) is 2.47. The van der Waals surface area contributed by atoms with Crippen LogP contribution in [0.25, 0.3) is 0 Å². The van der Waals surface area contributed by atoms with Crippen molar-refractivity contribution in [2.24, 2.45) is 0 Å². The average molecular weight is 532 g/mol. The van der Waals surface area contributed by atoms with Crippen molar-refractivity contribution < 1.29 is 17.9 Å². The molecule has 7 heteroatoms. The Morgan fingerprint density at radius 3 is 2.16 bits per heavy atom. The maximum Gasteiger partial charge on any atom is 0.264 e. The fraction of sp³-hybridized carbons (Fsp3) is 0.200. The fourth-order valence-corrected chi connectivity index (χ4v) is 7.50. The summed E-state index contributed by atoms with van der Waals surface area (Å²) in [6, 6.07) is 28.4. The minimum Gasteiger partial charge on any atom is -0.493 e. The van der Waals surface area contributed by atoms with Gasteiger partial charge in [-0.25, -0.2) is 8.42 Å². The molecule has 0 amide bonds. The van der Waals surface area contributed by atoms with Crippen LogP contribution < -0.4 is 13.8 Å². The molecule has 1 aliphatic heterocycles. The van der Waals surface area contributed by atoms with E-state index in [4.69, 9.17) is 9.47 Å². The molecule has 2 atom stereocenters. The molecule has 0 saturated heterocycles. The van der Waals surface area contributed by atoms with Gasteiger partial charge in [-0.05, 0) is 72.6 Å². The molecule has 5 rings (SSSR count). The van der Waals surface area contributed by atoms with Gasteiger partial charge in [-0.1, -0.05) is 60.6 Å². The number of benzene rings is 4. The molecular formula is C30H29NO4S2. The molecule has 0 radical (unpaired) electrons. The van der Waals surface area contributed by atoms with Gasteiger partial charge in [-0.15, -0.1) is 0 Å². The molecule has 37 heavy (non-hydrogen) atoms. The number of aryl methyl sites for hydroxylation is 1. The van der Waals surface area contributed by atoms with E-state index in [-0.39, 0.29) is 10.8 Å². The minimum atomic E-state index is -3.85. The third-order valence-electron chi connectivity index (χ3n) is 6.76. The van der Waals surface area contributed by atoms with Gasteiger partial charge < -0.3 is 9.47 Å². The third-order valence-corrected chi connectivity index (χ3v) is 9.57. The van der Waals surface area contributed by atoms with Crippen LogP contribution in [0, 0.1) is 6.92 Å². The van der Waals surface area contributed by atoms with E-state index in [9.17, 15) is 8.42 Å². The maximum atomic E-state index is 14.2. The summed E-state index contributed by atoms with van der Waals surface area (Å²) in [5, 5.41) is 0. The van der Waals surface area contributed by atoms with Gasteiger partial charge in [0.15, 0.2) is 11.5 Å². The van der Waals surface area contributed by atoms with Crippen LogP contribution in [0.4, 0.5) is 5.69 Å². The lowest BCUT2D eigenvalue weighted by Gasteiger charge is -2.29. The van der Waals surface area contributed by atoms with E-state index in [1.807, 2.05) is 67.6 Å². The summed E-state index contributed by atoms with van der Waals surface area (Å²) < 4.78 is 40.9. The summed E-state index contributed by atoms with van der Waals surface area (Å²) in [5.74, 6) is 1.07. The lowest BCUT2D eigenvalue weighted by Crippen LogP contribution is -2.33. The van der Waals surface area contributed by atoms with E-state index >= 15 is 0 Å². The lowest BCUT2D eigenvalue weighted by atomic mass is 9.92. The first kappa shape index (κ1) is 25.2. The smallest absolute Gasteiger partial charge is 0.264 e. The van der Waals surface area contributed by atoms with Crippen LogP contribution in [0.3, 0.4) is 0 Å². The zero-order valence-electron chi connectivity index (χ0n) is 21.2. The minimum absolute atomic E-state index is 0.0929. The summed E-state index contributed by atoms with van der Waals surface area (Å²) in [6.07, 6.45) is 0. The normalized spacial score (nSPS) is 16.9. The van der Waals surface area contributed by atoms with Gasteiger partial charge in [0.25, 0.3) is 10.0 Å². The van der Waals surface area contributed by atoms with Gasteiger partial charge in [0.05, 0.1) is 30.8 Å². The molecule has 0 N–H and O–H groups in total. The summed E-state index contributed by atoms with van der Waals surface area (Å²) in [7, 11) is -0.677. The van der Waals surface area contributed by atoms with Crippen LogP contribution in [-0.4, -0.2) is 22.6 Å². The van der Waals surface area contributed by atoms with E-state index in [0.717, 1.165) is 26.5 Å². The maximum absolute atomic E-state index is 14.2. The Bertz CT molecular complexity index is 1520. The number of ether oxygens (including phenoxy) is 2. The predicted octanol–water partition coefficient (Wildman–Crippen LogP) is 7.22. The highest BCUT2D eigenvalue weighted by atomic mass is 32.2. The van der Waals surface area contributed by atoms with Crippen molar-refractivity contribution in [1.82, 2.24) is 0 Å². The number of fused-ring (bicyclic) bond motifs is 1. The van der Waals surface area contributed by atoms with Crippen molar-refractivity contribution >= 4 is 27.5 Å². The summed E-state index contributed by atoms with van der Waals surface area (Å²) >= 11 is 1.67. The molecule has 0 spiro atoms. The van der Waals surface area contributed by atoms with Crippen LogP contribution in [-0.2, 0) is 10.0 Å². The number of nitrogens with zero attached hydrogens (tertiary/aromatic N) is 1. The largest absolute Gasteiger partial charge is 0.493 e. The first-order valence-corrected chi connectivity index (χ1v) is 14.3. The average Bonchev–Trinajstić information content (AvgIpc) is 3.21. The predicted molar refractivity (Wildman–Crippen MR) is 149 cm³/mol. The number of anilines is 1. The molecule has 0 bridgehead atoms. The molecule has 4 aromatic rings. The Balaban J connectivity index is 1.64. The van der Waals surface area contributed by atoms with Crippen molar-refractivity contribution in [3.63, 3.8) is 0 Å². The molecule has 4 aromatic carbocycles. The monoisotopic (exact) mass is 531 g/mol. The number of rotatable bonds is 7. The molecule has 5 nitrogen and oxygen atoms in total. The van der Waals surface area contributed by atoms with Gasteiger partial charge in [0.2, 0.25) is 0 Å². The van der Waals surface area contributed by atoms with Crippen LogP contribution in [0.1, 0.15) is 35.6 Å². The van der Waals surface area contributed by atoms with Crippen molar-refractivity contribution in [2.45, 2.75) is 40.5 Å².